The van der Waals surface area contributed by atoms with Gasteiger partial charge < -0.3 is 14.9 Å². The summed E-state index contributed by atoms with van der Waals surface area (Å²) in [7, 11) is 0. The predicted molar refractivity (Wildman–Crippen MR) is 69.8 cm³/mol. The Morgan fingerprint density at radius 3 is 3.00 bits per heavy atom. The molecule has 1 aliphatic carbocycles. The number of phenols is 1. The van der Waals surface area contributed by atoms with Gasteiger partial charge in [-0.2, -0.15) is 4.98 Å². The maximum atomic E-state index is 10.1. The first kappa shape index (κ1) is 12.2. The molecule has 1 aromatic heterocycles. The monoisotopic (exact) mass is 259 g/mol. The van der Waals surface area contributed by atoms with Gasteiger partial charge in [0.1, 0.15) is 5.75 Å². The number of fused-ring (bicyclic) bond motifs is 1. The first-order valence-electron chi connectivity index (χ1n) is 6.47. The van der Waals surface area contributed by atoms with E-state index in [0.717, 1.165) is 12.0 Å². The van der Waals surface area contributed by atoms with Gasteiger partial charge >= 0.3 is 0 Å². The van der Waals surface area contributed by atoms with E-state index in [1.165, 1.54) is 17.5 Å². The normalized spacial score (nSPS) is 21.6. The standard InChI is InChI=1S/C14H17N3O2/c1-8-3-4-11(18)14-10(5-9(2)13(8)14)15-6-12-16-7-19-17-12/h3-4,7,9-10,15,18H,5-6H2,1-2H3. The van der Waals surface area contributed by atoms with Gasteiger partial charge in [-0.05, 0) is 36.5 Å². The summed E-state index contributed by atoms with van der Waals surface area (Å²) in [5.74, 6) is 1.45. The Bertz CT molecular complexity index is 581. The number of benzene rings is 1. The van der Waals surface area contributed by atoms with Crippen LogP contribution in [0.2, 0.25) is 0 Å². The molecule has 0 saturated heterocycles. The average Bonchev–Trinajstić information content (AvgIpc) is 2.99. The van der Waals surface area contributed by atoms with Crippen molar-refractivity contribution in [3.63, 3.8) is 0 Å². The molecule has 5 heteroatoms. The number of nitrogens with one attached hydrogen (secondary N) is 1. The smallest absolute Gasteiger partial charge is 0.213 e. The summed E-state index contributed by atoms with van der Waals surface area (Å²) in [6, 6.07) is 3.89. The lowest BCUT2D eigenvalue weighted by Crippen LogP contribution is -2.19. The van der Waals surface area contributed by atoms with E-state index in [2.05, 4.69) is 29.3 Å². The fraction of sp³-hybridized carbons (Fsp3) is 0.429. The molecule has 1 aliphatic rings. The highest BCUT2D eigenvalue weighted by Gasteiger charge is 2.31. The molecule has 0 radical (unpaired) electrons. The first-order chi connectivity index (χ1) is 9.16. The number of aromatic nitrogens is 2. The fourth-order valence-electron chi connectivity index (χ4n) is 3.01. The summed E-state index contributed by atoms with van der Waals surface area (Å²) in [4.78, 5) is 3.99. The summed E-state index contributed by atoms with van der Waals surface area (Å²) in [5.41, 5.74) is 3.53. The molecule has 2 unspecified atom stereocenters. The lowest BCUT2D eigenvalue weighted by atomic mass is 9.97. The molecule has 2 N–H and O–H groups in total. The molecule has 0 saturated carbocycles. The van der Waals surface area contributed by atoms with Crippen LogP contribution in [0.3, 0.4) is 0 Å². The molecule has 0 amide bonds. The maximum absolute atomic E-state index is 10.1. The van der Waals surface area contributed by atoms with Crippen molar-refractivity contribution in [3.05, 3.63) is 41.0 Å². The number of hydrogen-bond acceptors (Lipinski definition) is 5. The van der Waals surface area contributed by atoms with Crippen molar-refractivity contribution in [2.45, 2.75) is 38.8 Å². The zero-order chi connectivity index (χ0) is 13.4. The van der Waals surface area contributed by atoms with E-state index in [9.17, 15) is 5.11 Å². The highest BCUT2D eigenvalue weighted by molar-refractivity contribution is 5.50. The van der Waals surface area contributed by atoms with Crippen molar-refractivity contribution in [2.24, 2.45) is 0 Å². The number of phenolic OH excluding ortho intramolecular Hbond substituents is 1. The number of rotatable bonds is 3. The van der Waals surface area contributed by atoms with Crippen LogP contribution in [0.4, 0.5) is 0 Å². The van der Waals surface area contributed by atoms with E-state index in [4.69, 9.17) is 4.52 Å². The minimum atomic E-state index is 0.142. The van der Waals surface area contributed by atoms with E-state index in [1.54, 1.807) is 6.07 Å². The molecule has 0 bridgehead atoms. The summed E-state index contributed by atoms with van der Waals surface area (Å²) in [5, 5.41) is 17.3. The van der Waals surface area contributed by atoms with E-state index in [1.807, 2.05) is 6.07 Å². The number of aromatic hydroxyl groups is 1. The third-order valence-corrected chi connectivity index (χ3v) is 3.83. The average molecular weight is 259 g/mol. The lowest BCUT2D eigenvalue weighted by molar-refractivity contribution is 0.400. The summed E-state index contributed by atoms with van der Waals surface area (Å²) in [6.45, 7) is 4.83. The van der Waals surface area contributed by atoms with Crippen LogP contribution in [-0.4, -0.2) is 15.2 Å². The molecule has 2 atom stereocenters. The van der Waals surface area contributed by atoms with Gasteiger partial charge in [-0.25, -0.2) is 0 Å². The van der Waals surface area contributed by atoms with Gasteiger partial charge in [0.15, 0.2) is 5.82 Å². The van der Waals surface area contributed by atoms with Crippen molar-refractivity contribution in [1.29, 1.82) is 0 Å². The zero-order valence-electron chi connectivity index (χ0n) is 11.1. The third-order valence-electron chi connectivity index (χ3n) is 3.83. The van der Waals surface area contributed by atoms with Crippen molar-refractivity contribution >= 4 is 0 Å². The largest absolute Gasteiger partial charge is 0.508 e. The highest BCUT2D eigenvalue weighted by atomic mass is 16.5. The van der Waals surface area contributed by atoms with Crippen molar-refractivity contribution in [1.82, 2.24) is 15.5 Å². The first-order valence-corrected chi connectivity index (χ1v) is 6.47. The second kappa shape index (κ2) is 4.66. The van der Waals surface area contributed by atoms with Crippen molar-refractivity contribution < 1.29 is 9.63 Å². The molecular weight excluding hydrogens is 242 g/mol. The molecule has 5 nitrogen and oxygen atoms in total. The zero-order valence-corrected chi connectivity index (χ0v) is 11.1. The second-order valence-corrected chi connectivity index (χ2v) is 5.15. The molecule has 1 aromatic carbocycles. The van der Waals surface area contributed by atoms with Crippen LogP contribution in [0, 0.1) is 6.92 Å². The Hall–Kier alpha value is -1.88. The predicted octanol–water partition coefficient (Wildman–Crippen LogP) is 2.42. The van der Waals surface area contributed by atoms with Gasteiger partial charge in [-0.15, -0.1) is 0 Å². The Morgan fingerprint density at radius 1 is 1.42 bits per heavy atom. The van der Waals surface area contributed by atoms with Gasteiger partial charge in [0.25, 0.3) is 0 Å². The summed E-state index contributed by atoms with van der Waals surface area (Å²) >= 11 is 0. The molecule has 0 spiro atoms. The van der Waals surface area contributed by atoms with Crippen LogP contribution >= 0.6 is 0 Å². The number of hydrogen-bond donors (Lipinski definition) is 2. The van der Waals surface area contributed by atoms with Crippen LogP contribution in [-0.2, 0) is 6.54 Å². The van der Waals surface area contributed by atoms with Crippen LogP contribution < -0.4 is 5.32 Å². The van der Waals surface area contributed by atoms with E-state index < -0.39 is 0 Å². The van der Waals surface area contributed by atoms with Gasteiger partial charge in [0.2, 0.25) is 6.39 Å². The Kier molecular flexibility index (Phi) is 2.98. The van der Waals surface area contributed by atoms with Crippen LogP contribution in [0.1, 0.15) is 47.8 Å². The minimum Gasteiger partial charge on any atom is -0.508 e. The molecule has 2 aromatic rings. The molecule has 19 heavy (non-hydrogen) atoms. The molecule has 0 aliphatic heterocycles. The van der Waals surface area contributed by atoms with Gasteiger partial charge in [-0.3, -0.25) is 0 Å². The Morgan fingerprint density at radius 2 is 2.26 bits per heavy atom. The summed E-state index contributed by atoms with van der Waals surface area (Å²) < 4.78 is 4.71. The van der Waals surface area contributed by atoms with E-state index >= 15 is 0 Å². The Labute approximate surface area is 111 Å². The lowest BCUT2D eigenvalue weighted by Gasteiger charge is -2.14. The summed E-state index contributed by atoms with van der Waals surface area (Å²) in [6.07, 6.45) is 2.30. The number of nitrogens with zero attached hydrogens (tertiary/aromatic N) is 2. The van der Waals surface area contributed by atoms with Crippen LogP contribution in [0.25, 0.3) is 0 Å². The van der Waals surface area contributed by atoms with Crippen molar-refractivity contribution in [2.75, 3.05) is 0 Å². The maximum Gasteiger partial charge on any atom is 0.213 e. The molecule has 0 fully saturated rings. The topological polar surface area (TPSA) is 71.2 Å². The molecule has 3 rings (SSSR count). The quantitative estimate of drug-likeness (QED) is 0.885. The van der Waals surface area contributed by atoms with Gasteiger partial charge in [0, 0.05) is 11.6 Å². The van der Waals surface area contributed by atoms with Crippen LogP contribution in [0.5, 0.6) is 5.75 Å². The van der Waals surface area contributed by atoms with E-state index in [-0.39, 0.29) is 6.04 Å². The van der Waals surface area contributed by atoms with Gasteiger partial charge in [-0.1, -0.05) is 18.1 Å². The van der Waals surface area contributed by atoms with E-state index in [0.29, 0.717) is 24.0 Å². The minimum absolute atomic E-state index is 0.142. The second-order valence-electron chi connectivity index (χ2n) is 5.15. The fourth-order valence-corrected chi connectivity index (χ4v) is 3.01. The Balaban J connectivity index is 1.85. The van der Waals surface area contributed by atoms with Gasteiger partial charge in [0.05, 0.1) is 6.54 Å². The number of aryl methyl sites for hydroxylation is 1. The SMILES string of the molecule is Cc1ccc(O)c2c1C(C)CC2NCc1ncon1. The van der Waals surface area contributed by atoms with Crippen molar-refractivity contribution in [3.8, 4) is 5.75 Å². The highest BCUT2D eigenvalue weighted by Crippen LogP contribution is 2.45. The molecule has 100 valence electrons. The molecular formula is C14H17N3O2. The third kappa shape index (κ3) is 2.10. The van der Waals surface area contributed by atoms with Crippen LogP contribution in [0.15, 0.2) is 23.0 Å². The molecule has 1 heterocycles.